The van der Waals surface area contributed by atoms with E-state index in [2.05, 4.69) is 45.1 Å². The molecule has 0 atom stereocenters. The second kappa shape index (κ2) is 13.1. The molecule has 3 N–H and O–H groups in total. The molecule has 0 spiro atoms. The van der Waals surface area contributed by atoms with Gasteiger partial charge in [-0.2, -0.15) is 0 Å². The van der Waals surface area contributed by atoms with Crippen molar-refractivity contribution >= 4 is 11.9 Å². The largest absolute Gasteiger partial charge is 0.379 e. The smallest absolute Gasteiger partial charge is 0.221 e. The molecule has 1 saturated heterocycles. The number of hydrogen-bond acceptors (Lipinski definition) is 4. The second-order valence-electron chi connectivity index (χ2n) is 6.88. The number of morpholine rings is 1. The molecule has 0 saturated carbocycles. The second-order valence-corrected chi connectivity index (χ2v) is 6.88. The lowest BCUT2D eigenvalue weighted by atomic mass is 10.1. The summed E-state index contributed by atoms with van der Waals surface area (Å²) in [5.74, 6) is 0.813. The Morgan fingerprint density at radius 3 is 2.54 bits per heavy atom. The monoisotopic (exact) mass is 389 g/mol. The molecule has 1 aliphatic rings. The van der Waals surface area contributed by atoms with Crippen molar-refractivity contribution in [3.63, 3.8) is 0 Å². The zero-order chi connectivity index (χ0) is 20.0. The summed E-state index contributed by atoms with van der Waals surface area (Å²) in [6, 6.07) is 8.47. The molecule has 7 heteroatoms. The van der Waals surface area contributed by atoms with Crippen LogP contribution in [0.15, 0.2) is 29.3 Å². The fourth-order valence-corrected chi connectivity index (χ4v) is 3.02. The summed E-state index contributed by atoms with van der Waals surface area (Å²) in [6.45, 7) is 11.3. The molecule has 1 heterocycles. The first-order valence-electron chi connectivity index (χ1n) is 10.4. The van der Waals surface area contributed by atoms with Crippen molar-refractivity contribution in [1.29, 1.82) is 0 Å². The molecule has 28 heavy (non-hydrogen) atoms. The zero-order valence-electron chi connectivity index (χ0n) is 17.3. The van der Waals surface area contributed by atoms with Gasteiger partial charge < -0.3 is 20.7 Å². The number of rotatable bonds is 10. The van der Waals surface area contributed by atoms with Crippen molar-refractivity contribution in [3.05, 3.63) is 35.4 Å². The van der Waals surface area contributed by atoms with E-state index >= 15 is 0 Å². The Morgan fingerprint density at radius 2 is 1.82 bits per heavy atom. The van der Waals surface area contributed by atoms with Crippen molar-refractivity contribution in [1.82, 2.24) is 20.9 Å². The van der Waals surface area contributed by atoms with E-state index in [-0.39, 0.29) is 5.91 Å². The molecule has 7 nitrogen and oxygen atoms in total. The first-order valence-corrected chi connectivity index (χ1v) is 10.4. The van der Waals surface area contributed by atoms with Gasteiger partial charge in [0, 0.05) is 45.7 Å². The van der Waals surface area contributed by atoms with E-state index in [9.17, 15) is 4.79 Å². The summed E-state index contributed by atoms with van der Waals surface area (Å²) in [5.41, 5.74) is 2.54. The minimum Gasteiger partial charge on any atom is -0.379 e. The van der Waals surface area contributed by atoms with Crippen LogP contribution in [-0.2, 0) is 22.6 Å². The minimum atomic E-state index is 0.0704. The highest BCUT2D eigenvalue weighted by atomic mass is 16.5. The van der Waals surface area contributed by atoms with Crippen LogP contribution in [-0.4, -0.2) is 62.7 Å². The van der Waals surface area contributed by atoms with Crippen molar-refractivity contribution in [3.8, 4) is 0 Å². The van der Waals surface area contributed by atoms with Gasteiger partial charge in [-0.15, -0.1) is 0 Å². The molecule has 1 aromatic rings. The molecule has 0 radical (unpaired) electrons. The average Bonchev–Trinajstić information content (AvgIpc) is 2.72. The Morgan fingerprint density at radius 1 is 1.07 bits per heavy atom. The Balaban J connectivity index is 1.89. The zero-order valence-corrected chi connectivity index (χ0v) is 17.3. The Kier molecular flexibility index (Phi) is 10.4. The fourth-order valence-electron chi connectivity index (χ4n) is 3.02. The number of carbonyl (C=O) groups is 1. The molecule has 0 bridgehead atoms. The molecule has 0 unspecified atom stereocenters. The van der Waals surface area contributed by atoms with Gasteiger partial charge in [0.15, 0.2) is 5.96 Å². The lowest BCUT2D eigenvalue weighted by Gasteiger charge is -2.27. The number of carbonyl (C=O) groups excluding carboxylic acids is 1. The number of hydrogen-bond donors (Lipinski definition) is 3. The minimum absolute atomic E-state index is 0.0704. The maximum atomic E-state index is 11.7. The lowest BCUT2D eigenvalue weighted by Crippen LogP contribution is -2.39. The molecule has 2 rings (SSSR count). The highest BCUT2D eigenvalue weighted by Crippen LogP contribution is 2.14. The van der Waals surface area contributed by atoms with Crippen molar-refractivity contribution < 1.29 is 9.53 Å². The van der Waals surface area contributed by atoms with Crippen LogP contribution in [0.2, 0.25) is 0 Å². The van der Waals surface area contributed by atoms with Gasteiger partial charge in [-0.25, -0.2) is 4.99 Å². The van der Waals surface area contributed by atoms with Gasteiger partial charge in [-0.1, -0.05) is 31.2 Å². The molecular formula is C21H35N5O2. The van der Waals surface area contributed by atoms with Gasteiger partial charge in [0.05, 0.1) is 19.8 Å². The van der Waals surface area contributed by atoms with Gasteiger partial charge in [-0.05, 0) is 24.5 Å². The molecule has 156 valence electrons. The highest BCUT2D eigenvalue weighted by Gasteiger charge is 2.12. The summed E-state index contributed by atoms with van der Waals surface area (Å²) in [5, 5.41) is 9.39. The van der Waals surface area contributed by atoms with Crippen LogP contribution in [0.5, 0.6) is 0 Å². The van der Waals surface area contributed by atoms with Crippen molar-refractivity contribution in [2.45, 2.75) is 39.8 Å². The molecule has 0 aromatic heterocycles. The molecule has 1 aliphatic heterocycles. The summed E-state index contributed by atoms with van der Waals surface area (Å²) in [4.78, 5) is 18.9. The van der Waals surface area contributed by atoms with Gasteiger partial charge in [0.25, 0.3) is 0 Å². The third-order valence-corrected chi connectivity index (χ3v) is 4.58. The van der Waals surface area contributed by atoms with Crippen LogP contribution >= 0.6 is 0 Å². The molecule has 0 aliphatic carbocycles. The lowest BCUT2D eigenvalue weighted by molar-refractivity contribution is -0.120. The quantitative estimate of drug-likeness (QED) is 0.417. The van der Waals surface area contributed by atoms with E-state index in [1.54, 1.807) is 0 Å². The summed E-state index contributed by atoms with van der Waals surface area (Å²) < 4.78 is 5.44. The average molecular weight is 390 g/mol. The predicted molar refractivity (Wildman–Crippen MR) is 113 cm³/mol. The number of ether oxygens (including phenoxy) is 1. The number of guanidine groups is 1. The number of nitrogens with zero attached hydrogens (tertiary/aromatic N) is 2. The van der Waals surface area contributed by atoms with Crippen LogP contribution in [0.4, 0.5) is 0 Å². The first kappa shape index (κ1) is 22.2. The SMILES string of the molecule is CCCNC(=O)CCNC(=NCc1ccccc1CN1CCOCC1)NCC. The predicted octanol–water partition coefficient (Wildman–Crippen LogP) is 1.49. The van der Waals surface area contributed by atoms with E-state index in [0.29, 0.717) is 19.5 Å². The Hall–Kier alpha value is -2.12. The van der Waals surface area contributed by atoms with Crippen LogP contribution in [0.25, 0.3) is 0 Å². The number of amides is 1. The van der Waals surface area contributed by atoms with Gasteiger partial charge in [-0.3, -0.25) is 9.69 Å². The highest BCUT2D eigenvalue weighted by molar-refractivity contribution is 5.81. The number of benzene rings is 1. The summed E-state index contributed by atoms with van der Waals surface area (Å²) >= 11 is 0. The number of aliphatic imine (C=N–C) groups is 1. The van der Waals surface area contributed by atoms with Gasteiger partial charge in [0.2, 0.25) is 5.91 Å². The van der Waals surface area contributed by atoms with E-state index < -0.39 is 0 Å². The van der Waals surface area contributed by atoms with Crippen LogP contribution in [0, 0.1) is 0 Å². The van der Waals surface area contributed by atoms with E-state index in [1.165, 1.54) is 11.1 Å². The van der Waals surface area contributed by atoms with Crippen molar-refractivity contribution in [2.75, 3.05) is 45.9 Å². The van der Waals surface area contributed by atoms with Crippen LogP contribution < -0.4 is 16.0 Å². The normalized spacial score (nSPS) is 15.3. The van der Waals surface area contributed by atoms with E-state index in [1.807, 2.05) is 13.8 Å². The van der Waals surface area contributed by atoms with Crippen LogP contribution in [0.3, 0.4) is 0 Å². The summed E-state index contributed by atoms with van der Waals surface area (Å²) in [7, 11) is 0. The molecule has 1 aromatic carbocycles. The number of nitrogens with one attached hydrogen (secondary N) is 3. The maximum Gasteiger partial charge on any atom is 0.221 e. The van der Waals surface area contributed by atoms with Gasteiger partial charge in [0.1, 0.15) is 0 Å². The van der Waals surface area contributed by atoms with E-state index in [0.717, 1.165) is 58.3 Å². The standard InChI is InChI=1S/C21H35N5O2/c1-3-10-23-20(27)9-11-24-21(22-4-2)25-16-18-7-5-6-8-19(18)17-26-12-14-28-15-13-26/h5-8H,3-4,9-17H2,1-2H3,(H,23,27)(H2,22,24,25). The maximum absolute atomic E-state index is 11.7. The van der Waals surface area contributed by atoms with Gasteiger partial charge >= 0.3 is 0 Å². The van der Waals surface area contributed by atoms with E-state index in [4.69, 9.17) is 9.73 Å². The molecular weight excluding hydrogens is 354 g/mol. The Bertz CT molecular complexity index is 615. The topological polar surface area (TPSA) is 78.0 Å². The first-order chi connectivity index (χ1) is 13.7. The van der Waals surface area contributed by atoms with Crippen LogP contribution in [0.1, 0.15) is 37.8 Å². The third kappa shape index (κ3) is 8.27. The fraction of sp³-hybridized carbons (Fsp3) is 0.619. The molecule has 1 fully saturated rings. The summed E-state index contributed by atoms with van der Waals surface area (Å²) in [6.07, 6.45) is 1.39. The Labute approximate surface area is 168 Å². The van der Waals surface area contributed by atoms with Crippen molar-refractivity contribution in [2.24, 2.45) is 4.99 Å². The third-order valence-electron chi connectivity index (χ3n) is 4.58. The molecule has 1 amide bonds.